The van der Waals surface area contributed by atoms with Crippen LogP contribution in [0.4, 0.5) is 19.1 Å². The third-order valence-corrected chi connectivity index (χ3v) is 5.46. The monoisotopic (exact) mass is 512 g/mol. The molecule has 9 nitrogen and oxygen atoms in total. The second-order valence-corrected chi connectivity index (χ2v) is 8.36. The van der Waals surface area contributed by atoms with Crippen LogP contribution in [-0.2, 0) is 11.2 Å². The lowest BCUT2D eigenvalue weighted by molar-refractivity contribution is -0.198. The summed E-state index contributed by atoms with van der Waals surface area (Å²) in [6.07, 6.45) is -3.89. The molecule has 0 bridgehead atoms. The number of aromatic nitrogens is 4. The minimum Gasteiger partial charge on any atom is -0.480 e. The zero-order valence-electron chi connectivity index (χ0n) is 19.6. The molecule has 0 aliphatic rings. The van der Waals surface area contributed by atoms with E-state index in [1.54, 1.807) is 43.5 Å². The SMILES string of the molecule is Cc1cnn(-c2ccccc2C(Oc2cc(-c3ccc(C[C@H](N)C(=O)O)cc3)nc(N)n2)C(F)(F)F)c1. The van der Waals surface area contributed by atoms with Crippen molar-refractivity contribution in [2.75, 3.05) is 5.73 Å². The average molecular weight is 512 g/mol. The number of para-hydroxylation sites is 1. The van der Waals surface area contributed by atoms with E-state index in [1.807, 2.05) is 0 Å². The van der Waals surface area contributed by atoms with Crippen LogP contribution in [0.25, 0.3) is 16.9 Å². The van der Waals surface area contributed by atoms with E-state index in [0.717, 1.165) is 5.56 Å². The molecule has 192 valence electrons. The summed E-state index contributed by atoms with van der Waals surface area (Å²) in [5.74, 6) is -1.77. The number of aryl methyl sites for hydroxylation is 1. The van der Waals surface area contributed by atoms with Crippen molar-refractivity contribution in [3.8, 4) is 22.8 Å². The van der Waals surface area contributed by atoms with Crippen LogP contribution in [0.5, 0.6) is 5.88 Å². The first-order chi connectivity index (χ1) is 17.5. The van der Waals surface area contributed by atoms with E-state index in [9.17, 15) is 18.0 Å². The molecule has 0 saturated carbocycles. The highest BCUT2D eigenvalue weighted by atomic mass is 19.4. The number of carbonyl (C=O) groups is 1. The number of carboxylic acid groups (broad SMARTS) is 1. The fourth-order valence-corrected chi connectivity index (χ4v) is 3.69. The summed E-state index contributed by atoms with van der Waals surface area (Å²) in [5, 5.41) is 13.1. The standard InChI is InChI=1S/C25H23F3N6O3/c1-14-12-31-34(13-14)20-5-3-2-4-17(20)22(25(26,27)28)37-21-11-19(32-24(30)33-21)16-8-6-15(7-9-16)10-18(29)23(35)36/h2-9,11-13,18,22H,10,29H2,1H3,(H,35,36)(H2,30,32,33)/t18-,22?/m0/s1. The molecule has 0 aliphatic carbocycles. The Balaban J connectivity index is 1.66. The second kappa shape index (κ2) is 10.3. The van der Waals surface area contributed by atoms with E-state index in [1.165, 1.54) is 35.1 Å². The lowest BCUT2D eigenvalue weighted by atomic mass is 10.0. The number of nitrogen functional groups attached to an aromatic ring is 1. The smallest absolute Gasteiger partial charge is 0.429 e. The molecule has 2 atom stereocenters. The van der Waals surface area contributed by atoms with Gasteiger partial charge >= 0.3 is 12.1 Å². The summed E-state index contributed by atoms with van der Waals surface area (Å²) in [5.41, 5.74) is 13.6. The van der Waals surface area contributed by atoms with Crippen LogP contribution < -0.4 is 16.2 Å². The number of benzene rings is 2. The van der Waals surface area contributed by atoms with E-state index in [0.29, 0.717) is 11.1 Å². The molecule has 0 amide bonds. The first kappa shape index (κ1) is 25.6. The van der Waals surface area contributed by atoms with Gasteiger partial charge in [0.05, 0.1) is 17.6 Å². The lowest BCUT2D eigenvalue weighted by Crippen LogP contribution is -2.32. The van der Waals surface area contributed by atoms with Crippen LogP contribution in [0.15, 0.2) is 67.0 Å². The molecule has 1 unspecified atom stereocenters. The number of hydrogen-bond acceptors (Lipinski definition) is 7. The summed E-state index contributed by atoms with van der Waals surface area (Å²) in [4.78, 5) is 18.9. The molecule has 4 aromatic rings. The summed E-state index contributed by atoms with van der Waals surface area (Å²) < 4.78 is 49.5. The van der Waals surface area contributed by atoms with Gasteiger partial charge in [-0.3, -0.25) is 4.79 Å². The summed E-state index contributed by atoms with van der Waals surface area (Å²) >= 11 is 0. The Bertz CT molecular complexity index is 1410. The van der Waals surface area contributed by atoms with Crippen LogP contribution in [0.1, 0.15) is 22.8 Å². The highest BCUT2D eigenvalue weighted by Gasteiger charge is 2.45. The maximum Gasteiger partial charge on any atom is 0.429 e. The molecule has 12 heteroatoms. The third-order valence-electron chi connectivity index (χ3n) is 5.46. The van der Waals surface area contributed by atoms with Crippen LogP contribution >= 0.6 is 0 Å². The van der Waals surface area contributed by atoms with Crippen molar-refractivity contribution in [3.05, 3.63) is 83.7 Å². The molecule has 2 aromatic heterocycles. The van der Waals surface area contributed by atoms with Crippen molar-refractivity contribution in [1.29, 1.82) is 0 Å². The zero-order valence-corrected chi connectivity index (χ0v) is 19.6. The predicted molar refractivity (Wildman–Crippen MR) is 129 cm³/mol. The van der Waals surface area contributed by atoms with Crippen molar-refractivity contribution in [2.45, 2.75) is 31.7 Å². The average Bonchev–Trinajstić information content (AvgIpc) is 3.28. The van der Waals surface area contributed by atoms with Crippen molar-refractivity contribution in [1.82, 2.24) is 19.7 Å². The van der Waals surface area contributed by atoms with Gasteiger partial charge in [-0.15, -0.1) is 0 Å². The molecule has 0 aliphatic heterocycles. The summed E-state index contributed by atoms with van der Waals surface area (Å²) in [6.45, 7) is 1.78. The zero-order chi connectivity index (χ0) is 26.7. The number of halogens is 3. The fourth-order valence-electron chi connectivity index (χ4n) is 3.69. The van der Waals surface area contributed by atoms with Gasteiger partial charge in [-0.25, -0.2) is 9.67 Å². The topological polar surface area (TPSA) is 142 Å². The second-order valence-electron chi connectivity index (χ2n) is 8.36. The largest absolute Gasteiger partial charge is 0.480 e. The maximum absolute atomic E-state index is 14.2. The van der Waals surface area contributed by atoms with Gasteiger partial charge in [-0.05, 0) is 30.5 Å². The molecule has 0 radical (unpaired) electrons. The van der Waals surface area contributed by atoms with Gasteiger partial charge in [0, 0.05) is 23.4 Å². The molecule has 2 heterocycles. The van der Waals surface area contributed by atoms with Gasteiger partial charge in [0.25, 0.3) is 0 Å². The van der Waals surface area contributed by atoms with Crippen LogP contribution in [0, 0.1) is 6.92 Å². The number of carboxylic acids is 1. The van der Waals surface area contributed by atoms with Gasteiger partial charge in [0.15, 0.2) is 0 Å². The molecule has 2 aromatic carbocycles. The molecule has 0 fully saturated rings. The molecule has 0 spiro atoms. The number of aliphatic carboxylic acids is 1. The first-order valence-corrected chi connectivity index (χ1v) is 11.1. The minimum absolute atomic E-state index is 0.109. The number of anilines is 1. The Morgan fingerprint density at radius 2 is 1.84 bits per heavy atom. The number of alkyl halides is 3. The maximum atomic E-state index is 14.2. The summed E-state index contributed by atoms with van der Waals surface area (Å²) in [7, 11) is 0. The van der Waals surface area contributed by atoms with Gasteiger partial charge in [0.2, 0.25) is 17.9 Å². The Kier molecular flexibility index (Phi) is 7.11. The molecule has 5 N–H and O–H groups in total. The van der Waals surface area contributed by atoms with Gasteiger partial charge in [-0.1, -0.05) is 42.5 Å². The van der Waals surface area contributed by atoms with E-state index in [-0.39, 0.29) is 35.2 Å². The van der Waals surface area contributed by atoms with Gasteiger partial charge in [0.1, 0.15) is 6.04 Å². The number of ether oxygens (including phenoxy) is 1. The van der Waals surface area contributed by atoms with Gasteiger partial charge in [-0.2, -0.15) is 23.3 Å². The van der Waals surface area contributed by atoms with Crippen molar-refractivity contribution in [2.24, 2.45) is 5.73 Å². The van der Waals surface area contributed by atoms with Crippen molar-refractivity contribution >= 4 is 11.9 Å². The molecular formula is C25H23F3N6O3. The molecule has 4 rings (SSSR count). The number of nitrogens with two attached hydrogens (primary N) is 2. The quantitative estimate of drug-likeness (QED) is 0.323. The molecule has 0 saturated heterocycles. The normalized spacial score (nSPS) is 13.2. The fraction of sp³-hybridized carbons (Fsp3) is 0.200. The van der Waals surface area contributed by atoms with E-state index in [2.05, 4.69) is 15.1 Å². The van der Waals surface area contributed by atoms with Crippen molar-refractivity contribution in [3.63, 3.8) is 0 Å². The Hall–Kier alpha value is -4.45. The van der Waals surface area contributed by atoms with E-state index in [4.69, 9.17) is 21.3 Å². The predicted octanol–water partition coefficient (Wildman–Crippen LogP) is 3.86. The van der Waals surface area contributed by atoms with Crippen LogP contribution in [0.2, 0.25) is 0 Å². The molecule has 37 heavy (non-hydrogen) atoms. The number of hydrogen-bond donors (Lipinski definition) is 3. The minimum atomic E-state index is -4.79. The number of rotatable bonds is 8. The van der Waals surface area contributed by atoms with Crippen molar-refractivity contribution < 1.29 is 27.8 Å². The highest BCUT2D eigenvalue weighted by molar-refractivity contribution is 5.73. The van der Waals surface area contributed by atoms with E-state index >= 15 is 0 Å². The lowest BCUT2D eigenvalue weighted by Gasteiger charge is -2.24. The highest BCUT2D eigenvalue weighted by Crippen LogP contribution is 2.39. The third kappa shape index (κ3) is 6.04. The Morgan fingerprint density at radius 1 is 1.14 bits per heavy atom. The summed E-state index contributed by atoms with van der Waals surface area (Å²) in [6, 6.07) is 12.7. The Labute approximate surface area is 209 Å². The van der Waals surface area contributed by atoms with Gasteiger partial charge < -0.3 is 21.3 Å². The molecular weight excluding hydrogens is 489 g/mol. The van der Waals surface area contributed by atoms with Crippen LogP contribution in [-0.4, -0.2) is 43.0 Å². The Morgan fingerprint density at radius 3 is 2.46 bits per heavy atom. The first-order valence-electron chi connectivity index (χ1n) is 11.1. The van der Waals surface area contributed by atoms with Crippen LogP contribution in [0.3, 0.4) is 0 Å². The van der Waals surface area contributed by atoms with E-state index < -0.39 is 24.3 Å². The number of nitrogens with zero attached hydrogens (tertiary/aromatic N) is 4.